The fourth-order valence-corrected chi connectivity index (χ4v) is 2.34. The third kappa shape index (κ3) is 4.84. The lowest BCUT2D eigenvalue weighted by Crippen LogP contribution is -2.32. The van der Waals surface area contributed by atoms with Crippen molar-refractivity contribution < 1.29 is 18.8 Å². The molecule has 2 rings (SSSR count). The largest absolute Gasteiger partial charge is 0.467 e. The molecule has 126 valence electrons. The molecule has 7 heteroatoms. The topological polar surface area (TPSA) is 91.7 Å². The van der Waals surface area contributed by atoms with E-state index in [2.05, 4.69) is 24.5 Å². The summed E-state index contributed by atoms with van der Waals surface area (Å²) in [5.41, 5.74) is 0. The molecular formula is C16H23N3O4. The summed E-state index contributed by atoms with van der Waals surface area (Å²) in [6, 6.07) is 2.31. The van der Waals surface area contributed by atoms with Gasteiger partial charge in [0.15, 0.2) is 0 Å². The summed E-state index contributed by atoms with van der Waals surface area (Å²) >= 11 is 0. The minimum atomic E-state index is -0.645. The maximum Gasteiger partial charge on any atom is 0.325 e. The third-order valence-electron chi connectivity index (χ3n) is 3.70. The molecule has 1 aromatic heterocycles. The van der Waals surface area contributed by atoms with Gasteiger partial charge in [0.2, 0.25) is 5.91 Å². The monoisotopic (exact) mass is 321 g/mol. The van der Waals surface area contributed by atoms with Gasteiger partial charge in [0.1, 0.15) is 11.8 Å². The number of hydrogen-bond acceptors (Lipinski definition) is 4. The quantitative estimate of drug-likeness (QED) is 0.712. The van der Waals surface area contributed by atoms with Crippen LogP contribution in [0.3, 0.4) is 0 Å². The van der Waals surface area contributed by atoms with Gasteiger partial charge in [-0.3, -0.25) is 14.5 Å². The molecular weight excluding hydrogens is 298 g/mol. The van der Waals surface area contributed by atoms with E-state index in [0.29, 0.717) is 24.6 Å². The van der Waals surface area contributed by atoms with Gasteiger partial charge in [0.25, 0.3) is 5.91 Å². The number of urea groups is 1. The summed E-state index contributed by atoms with van der Waals surface area (Å²) in [6.07, 6.45) is 2.92. The zero-order valence-corrected chi connectivity index (χ0v) is 13.5. The highest BCUT2D eigenvalue weighted by Gasteiger charge is 2.38. The van der Waals surface area contributed by atoms with Crippen LogP contribution in [0.25, 0.3) is 0 Å². The molecule has 0 bridgehead atoms. The second kappa shape index (κ2) is 7.80. The molecule has 1 aromatic rings. The Morgan fingerprint density at radius 2 is 2.22 bits per heavy atom. The Hall–Kier alpha value is -2.31. The Kier molecular flexibility index (Phi) is 5.78. The molecule has 1 aliphatic heterocycles. The van der Waals surface area contributed by atoms with Crippen molar-refractivity contribution >= 4 is 17.8 Å². The molecule has 2 heterocycles. The van der Waals surface area contributed by atoms with Crippen LogP contribution in [0.2, 0.25) is 0 Å². The van der Waals surface area contributed by atoms with E-state index in [1.807, 2.05) is 0 Å². The molecule has 1 unspecified atom stereocenters. The van der Waals surface area contributed by atoms with E-state index < -0.39 is 12.1 Å². The number of nitrogens with one attached hydrogen (secondary N) is 2. The average Bonchev–Trinajstić information content (AvgIpc) is 3.09. The van der Waals surface area contributed by atoms with E-state index in [1.54, 1.807) is 12.1 Å². The number of imide groups is 1. The Morgan fingerprint density at radius 3 is 2.87 bits per heavy atom. The average molecular weight is 321 g/mol. The summed E-state index contributed by atoms with van der Waals surface area (Å²) in [5.74, 6) is 0.653. The predicted molar refractivity (Wildman–Crippen MR) is 83.3 cm³/mol. The molecule has 7 nitrogen and oxygen atoms in total. The van der Waals surface area contributed by atoms with E-state index >= 15 is 0 Å². The maximum atomic E-state index is 12.2. The van der Waals surface area contributed by atoms with Crippen LogP contribution in [0.1, 0.15) is 38.9 Å². The minimum Gasteiger partial charge on any atom is -0.467 e. The lowest BCUT2D eigenvalue weighted by molar-refractivity contribution is -0.128. The molecule has 1 atom stereocenters. The molecule has 23 heavy (non-hydrogen) atoms. The molecule has 0 spiro atoms. The van der Waals surface area contributed by atoms with Crippen LogP contribution in [0, 0.1) is 5.92 Å². The number of amides is 4. The van der Waals surface area contributed by atoms with Gasteiger partial charge in [-0.25, -0.2) is 4.79 Å². The van der Waals surface area contributed by atoms with Gasteiger partial charge in [-0.1, -0.05) is 13.8 Å². The SMILES string of the molecule is CC(C)CCNC(=O)CCC1NC(=O)N(Cc2ccco2)C1=O. The molecule has 1 saturated heterocycles. The van der Waals surface area contributed by atoms with Crippen molar-refractivity contribution in [2.75, 3.05) is 6.54 Å². The van der Waals surface area contributed by atoms with E-state index in [9.17, 15) is 14.4 Å². The summed E-state index contributed by atoms with van der Waals surface area (Å²) < 4.78 is 5.15. The Morgan fingerprint density at radius 1 is 1.43 bits per heavy atom. The van der Waals surface area contributed by atoms with Crippen LogP contribution in [0.15, 0.2) is 22.8 Å². The van der Waals surface area contributed by atoms with Gasteiger partial charge in [0, 0.05) is 13.0 Å². The van der Waals surface area contributed by atoms with Crippen LogP contribution in [0.5, 0.6) is 0 Å². The Labute approximate surface area is 135 Å². The van der Waals surface area contributed by atoms with E-state index in [-0.39, 0.29) is 24.8 Å². The van der Waals surface area contributed by atoms with Crippen LogP contribution in [-0.4, -0.2) is 35.3 Å². The second-order valence-corrected chi connectivity index (χ2v) is 6.08. The minimum absolute atomic E-state index is 0.0998. The molecule has 0 aliphatic carbocycles. The highest BCUT2D eigenvalue weighted by atomic mass is 16.3. The first kappa shape index (κ1) is 17.1. The van der Waals surface area contributed by atoms with Crippen LogP contribution in [-0.2, 0) is 16.1 Å². The number of rotatable bonds is 8. The first-order valence-electron chi connectivity index (χ1n) is 7.88. The summed E-state index contributed by atoms with van der Waals surface area (Å²) in [5, 5.41) is 5.43. The Bertz CT molecular complexity index is 554. The first-order valence-corrected chi connectivity index (χ1v) is 7.88. The molecule has 0 saturated carbocycles. The van der Waals surface area contributed by atoms with E-state index in [4.69, 9.17) is 4.42 Å². The highest BCUT2D eigenvalue weighted by molar-refractivity contribution is 6.04. The first-order chi connectivity index (χ1) is 11.0. The van der Waals surface area contributed by atoms with Crippen molar-refractivity contribution in [2.45, 2.75) is 45.7 Å². The molecule has 0 radical (unpaired) electrons. The van der Waals surface area contributed by atoms with Gasteiger partial charge in [0.05, 0.1) is 12.8 Å². The molecule has 1 fully saturated rings. The maximum absolute atomic E-state index is 12.2. The fraction of sp³-hybridized carbons (Fsp3) is 0.562. The molecule has 4 amide bonds. The predicted octanol–water partition coefficient (Wildman–Crippen LogP) is 1.64. The number of hydrogen-bond donors (Lipinski definition) is 2. The lowest BCUT2D eigenvalue weighted by atomic mass is 10.1. The summed E-state index contributed by atoms with van der Waals surface area (Å²) in [7, 11) is 0. The summed E-state index contributed by atoms with van der Waals surface area (Å²) in [4.78, 5) is 36.9. The molecule has 1 aliphatic rings. The fourth-order valence-electron chi connectivity index (χ4n) is 2.34. The van der Waals surface area contributed by atoms with E-state index in [0.717, 1.165) is 11.3 Å². The zero-order chi connectivity index (χ0) is 16.8. The van der Waals surface area contributed by atoms with Crippen molar-refractivity contribution in [3.63, 3.8) is 0 Å². The highest BCUT2D eigenvalue weighted by Crippen LogP contribution is 2.15. The normalized spacial score (nSPS) is 17.7. The van der Waals surface area contributed by atoms with Crippen molar-refractivity contribution in [1.29, 1.82) is 0 Å². The molecule has 2 N–H and O–H groups in total. The summed E-state index contributed by atoms with van der Waals surface area (Å²) in [6.45, 7) is 4.92. The van der Waals surface area contributed by atoms with E-state index in [1.165, 1.54) is 6.26 Å². The van der Waals surface area contributed by atoms with Gasteiger partial charge in [-0.2, -0.15) is 0 Å². The van der Waals surface area contributed by atoms with Crippen molar-refractivity contribution in [2.24, 2.45) is 5.92 Å². The van der Waals surface area contributed by atoms with Crippen LogP contribution in [0.4, 0.5) is 4.79 Å². The number of carbonyl (C=O) groups is 3. The standard InChI is InChI=1S/C16H23N3O4/c1-11(2)7-8-17-14(20)6-5-13-15(21)19(16(22)18-13)10-12-4-3-9-23-12/h3-4,9,11,13H,5-8,10H2,1-2H3,(H,17,20)(H,18,22). The van der Waals surface area contributed by atoms with Crippen LogP contribution >= 0.6 is 0 Å². The second-order valence-electron chi connectivity index (χ2n) is 6.08. The number of furan rings is 1. The van der Waals surface area contributed by atoms with Gasteiger partial charge in [-0.05, 0) is 30.9 Å². The van der Waals surface area contributed by atoms with Crippen molar-refractivity contribution in [3.05, 3.63) is 24.2 Å². The van der Waals surface area contributed by atoms with Gasteiger partial charge >= 0.3 is 6.03 Å². The smallest absolute Gasteiger partial charge is 0.325 e. The lowest BCUT2D eigenvalue weighted by Gasteiger charge is -2.11. The van der Waals surface area contributed by atoms with Gasteiger partial charge < -0.3 is 15.1 Å². The zero-order valence-electron chi connectivity index (χ0n) is 13.5. The van der Waals surface area contributed by atoms with Crippen molar-refractivity contribution in [3.8, 4) is 0 Å². The van der Waals surface area contributed by atoms with Gasteiger partial charge in [-0.15, -0.1) is 0 Å². The third-order valence-corrected chi connectivity index (χ3v) is 3.70. The van der Waals surface area contributed by atoms with Crippen LogP contribution < -0.4 is 10.6 Å². The van der Waals surface area contributed by atoms with Crippen molar-refractivity contribution in [1.82, 2.24) is 15.5 Å². The Balaban J connectivity index is 1.77. The molecule has 0 aromatic carbocycles. The number of carbonyl (C=O) groups excluding carboxylic acids is 3. The number of nitrogens with zero attached hydrogens (tertiary/aromatic N) is 1.